The standard InChI is InChI=1S/C12H20BrN3S/c1-5-6-14-12-11(13)9(4)15-10(16-12)7-17-8(2)3/h8H,5-7H2,1-4H3,(H,14,15,16). The molecule has 3 nitrogen and oxygen atoms in total. The van der Waals surface area contributed by atoms with Crippen molar-refractivity contribution in [1.29, 1.82) is 0 Å². The highest BCUT2D eigenvalue weighted by Gasteiger charge is 2.09. The Morgan fingerprint density at radius 2 is 2.06 bits per heavy atom. The first-order valence-corrected chi connectivity index (χ1v) is 7.77. The third-order valence-corrected chi connectivity index (χ3v) is 4.19. The van der Waals surface area contributed by atoms with Gasteiger partial charge >= 0.3 is 0 Å². The molecule has 0 unspecified atom stereocenters. The van der Waals surface area contributed by atoms with Gasteiger partial charge in [-0.25, -0.2) is 9.97 Å². The summed E-state index contributed by atoms with van der Waals surface area (Å²) in [6, 6.07) is 0. The molecule has 1 aromatic rings. The summed E-state index contributed by atoms with van der Waals surface area (Å²) in [5.74, 6) is 2.69. The van der Waals surface area contributed by atoms with E-state index in [-0.39, 0.29) is 0 Å². The minimum atomic E-state index is 0.606. The number of thioether (sulfide) groups is 1. The fourth-order valence-electron chi connectivity index (χ4n) is 1.28. The summed E-state index contributed by atoms with van der Waals surface area (Å²) in [6.07, 6.45) is 1.09. The Bertz CT molecular complexity index is 369. The zero-order chi connectivity index (χ0) is 12.8. The van der Waals surface area contributed by atoms with E-state index >= 15 is 0 Å². The number of hydrogen-bond acceptors (Lipinski definition) is 4. The molecule has 1 rings (SSSR count). The lowest BCUT2D eigenvalue weighted by Crippen LogP contribution is -2.07. The molecule has 1 heterocycles. The molecule has 0 atom stereocenters. The van der Waals surface area contributed by atoms with Crippen molar-refractivity contribution in [1.82, 2.24) is 9.97 Å². The van der Waals surface area contributed by atoms with Gasteiger partial charge in [0.1, 0.15) is 11.6 Å². The number of rotatable bonds is 6. The topological polar surface area (TPSA) is 37.8 Å². The van der Waals surface area contributed by atoms with Gasteiger partial charge in [0.25, 0.3) is 0 Å². The van der Waals surface area contributed by atoms with Gasteiger partial charge in [-0.1, -0.05) is 20.8 Å². The number of aromatic nitrogens is 2. The predicted molar refractivity (Wildman–Crippen MR) is 79.7 cm³/mol. The Labute approximate surface area is 116 Å². The summed E-state index contributed by atoms with van der Waals surface area (Å²) in [7, 11) is 0. The molecule has 0 aliphatic heterocycles. The van der Waals surface area contributed by atoms with Gasteiger partial charge in [0, 0.05) is 6.54 Å². The van der Waals surface area contributed by atoms with Crippen molar-refractivity contribution >= 4 is 33.5 Å². The van der Waals surface area contributed by atoms with E-state index in [1.165, 1.54) is 0 Å². The third kappa shape index (κ3) is 4.84. The van der Waals surface area contributed by atoms with Gasteiger partial charge in [0.05, 0.1) is 15.9 Å². The van der Waals surface area contributed by atoms with Crippen LogP contribution in [-0.2, 0) is 5.75 Å². The summed E-state index contributed by atoms with van der Waals surface area (Å²) in [4.78, 5) is 9.05. The minimum absolute atomic E-state index is 0.606. The van der Waals surface area contributed by atoms with Crippen molar-refractivity contribution in [3.63, 3.8) is 0 Å². The summed E-state index contributed by atoms with van der Waals surface area (Å²) >= 11 is 5.39. The molecule has 17 heavy (non-hydrogen) atoms. The van der Waals surface area contributed by atoms with Crippen LogP contribution in [0.15, 0.2) is 4.47 Å². The second-order valence-corrected chi connectivity index (χ2v) is 6.53. The van der Waals surface area contributed by atoms with Crippen molar-refractivity contribution in [3.05, 3.63) is 16.0 Å². The molecule has 0 saturated carbocycles. The molecule has 0 saturated heterocycles. The number of anilines is 1. The Kier molecular flexibility index (Phi) is 6.27. The molecule has 0 fully saturated rings. The van der Waals surface area contributed by atoms with E-state index in [4.69, 9.17) is 0 Å². The molecule has 96 valence electrons. The zero-order valence-electron chi connectivity index (χ0n) is 10.9. The van der Waals surface area contributed by atoms with Gasteiger partial charge in [0.2, 0.25) is 0 Å². The maximum absolute atomic E-state index is 4.55. The summed E-state index contributed by atoms with van der Waals surface area (Å²) in [5, 5.41) is 3.93. The minimum Gasteiger partial charge on any atom is -0.369 e. The molecule has 1 aromatic heterocycles. The molecule has 0 aliphatic carbocycles. The van der Waals surface area contributed by atoms with E-state index in [1.54, 1.807) is 0 Å². The quantitative estimate of drug-likeness (QED) is 0.860. The molecule has 0 bridgehead atoms. The first-order chi connectivity index (χ1) is 8.04. The lowest BCUT2D eigenvalue weighted by atomic mass is 10.4. The summed E-state index contributed by atoms with van der Waals surface area (Å²) < 4.78 is 0.976. The van der Waals surface area contributed by atoms with Crippen LogP contribution in [0.3, 0.4) is 0 Å². The van der Waals surface area contributed by atoms with Gasteiger partial charge in [-0.15, -0.1) is 0 Å². The van der Waals surface area contributed by atoms with Gasteiger partial charge < -0.3 is 5.32 Å². The van der Waals surface area contributed by atoms with E-state index < -0.39 is 0 Å². The number of hydrogen-bond donors (Lipinski definition) is 1. The molecule has 1 N–H and O–H groups in total. The Morgan fingerprint density at radius 3 is 2.65 bits per heavy atom. The lowest BCUT2D eigenvalue weighted by molar-refractivity contribution is 0.932. The van der Waals surface area contributed by atoms with Crippen molar-refractivity contribution in [2.45, 2.75) is 45.1 Å². The second kappa shape index (κ2) is 7.21. The molecule has 0 aromatic carbocycles. The van der Waals surface area contributed by atoms with Gasteiger partial charge in [-0.05, 0) is 34.5 Å². The normalized spacial score (nSPS) is 10.9. The van der Waals surface area contributed by atoms with Crippen molar-refractivity contribution in [2.75, 3.05) is 11.9 Å². The summed E-state index contributed by atoms with van der Waals surface area (Å²) in [6.45, 7) is 9.46. The largest absolute Gasteiger partial charge is 0.369 e. The first-order valence-electron chi connectivity index (χ1n) is 5.93. The zero-order valence-corrected chi connectivity index (χ0v) is 13.3. The van der Waals surface area contributed by atoms with E-state index in [0.717, 1.165) is 40.5 Å². The van der Waals surface area contributed by atoms with Crippen LogP contribution < -0.4 is 5.32 Å². The van der Waals surface area contributed by atoms with Crippen molar-refractivity contribution < 1.29 is 0 Å². The van der Waals surface area contributed by atoms with Crippen molar-refractivity contribution in [3.8, 4) is 0 Å². The first kappa shape index (κ1) is 14.8. The molecular formula is C12H20BrN3S. The fraction of sp³-hybridized carbons (Fsp3) is 0.667. The summed E-state index contributed by atoms with van der Waals surface area (Å²) in [5.41, 5.74) is 0.998. The molecule has 0 aliphatic rings. The number of aryl methyl sites for hydroxylation is 1. The maximum Gasteiger partial charge on any atom is 0.144 e. The number of nitrogens with one attached hydrogen (secondary N) is 1. The highest BCUT2D eigenvalue weighted by atomic mass is 79.9. The molecule has 5 heteroatoms. The van der Waals surface area contributed by atoms with Crippen molar-refractivity contribution in [2.24, 2.45) is 0 Å². The van der Waals surface area contributed by atoms with Gasteiger partial charge in [-0.3, -0.25) is 0 Å². The van der Waals surface area contributed by atoms with E-state index in [0.29, 0.717) is 5.25 Å². The molecule has 0 spiro atoms. The highest BCUT2D eigenvalue weighted by Crippen LogP contribution is 2.24. The number of nitrogens with zero attached hydrogens (tertiary/aromatic N) is 2. The molecule has 0 amide bonds. The van der Waals surface area contributed by atoms with Crippen LogP contribution in [0.4, 0.5) is 5.82 Å². The van der Waals surface area contributed by atoms with E-state index in [2.05, 4.69) is 52.0 Å². The van der Waals surface area contributed by atoms with Crippen LogP contribution in [0.2, 0.25) is 0 Å². The lowest BCUT2D eigenvalue weighted by Gasteiger charge is -2.11. The van der Waals surface area contributed by atoms with Gasteiger partial charge in [0.15, 0.2) is 0 Å². The third-order valence-electron chi connectivity index (χ3n) is 2.15. The average molecular weight is 318 g/mol. The molecular weight excluding hydrogens is 298 g/mol. The maximum atomic E-state index is 4.55. The highest BCUT2D eigenvalue weighted by molar-refractivity contribution is 9.10. The second-order valence-electron chi connectivity index (χ2n) is 4.17. The molecule has 0 radical (unpaired) electrons. The SMILES string of the molecule is CCCNc1nc(CSC(C)C)nc(C)c1Br. The Morgan fingerprint density at radius 1 is 1.35 bits per heavy atom. The average Bonchev–Trinajstić information content (AvgIpc) is 2.28. The van der Waals surface area contributed by atoms with Crippen LogP contribution in [-0.4, -0.2) is 21.8 Å². The Hall–Kier alpha value is -0.290. The number of halogens is 1. The van der Waals surface area contributed by atoms with Crippen LogP contribution in [0.25, 0.3) is 0 Å². The smallest absolute Gasteiger partial charge is 0.144 e. The van der Waals surface area contributed by atoms with Crippen LogP contribution in [0, 0.1) is 6.92 Å². The predicted octanol–water partition coefficient (Wildman–Crippen LogP) is 4.01. The van der Waals surface area contributed by atoms with E-state index in [1.807, 2.05) is 18.7 Å². The Balaban J connectivity index is 2.81. The van der Waals surface area contributed by atoms with Crippen LogP contribution in [0.1, 0.15) is 38.7 Å². The fourth-order valence-corrected chi connectivity index (χ4v) is 2.21. The van der Waals surface area contributed by atoms with Gasteiger partial charge in [-0.2, -0.15) is 11.8 Å². The van der Waals surface area contributed by atoms with Crippen LogP contribution >= 0.6 is 27.7 Å². The monoisotopic (exact) mass is 317 g/mol. The van der Waals surface area contributed by atoms with E-state index in [9.17, 15) is 0 Å². The van der Waals surface area contributed by atoms with Crippen LogP contribution in [0.5, 0.6) is 0 Å².